The Morgan fingerprint density at radius 1 is 1.18 bits per heavy atom. The Hall–Kier alpha value is -3.41. The molecule has 0 fully saturated rings. The summed E-state index contributed by atoms with van der Waals surface area (Å²) in [7, 11) is 0. The molecule has 7 nitrogen and oxygen atoms in total. The number of H-pyrrole nitrogens is 1. The lowest BCUT2D eigenvalue weighted by molar-refractivity contribution is 0.0788. The third kappa shape index (κ3) is 4.30. The minimum atomic E-state index is -0.366. The van der Waals surface area contributed by atoms with Crippen molar-refractivity contribution in [2.45, 2.75) is 12.5 Å². The van der Waals surface area contributed by atoms with E-state index in [0.717, 1.165) is 20.9 Å². The average Bonchev–Trinajstić information content (AvgIpc) is 3.48. The molecule has 4 aromatic rings. The Labute approximate surface area is 203 Å². The number of terminal acetylenes is 1. The SMILES string of the molecule is C#CC[C@H](Nc1nc(C(=O)N2CC=CC2)nc2ccc(Br)cc12)c1nc2cc(Cl)ccc2[nH]1. The summed E-state index contributed by atoms with van der Waals surface area (Å²) >= 11 is 9.63. The molecule has 0 aliphatic carbocycles. The number of hydrogen-bond acceptors (Lipinski definition) is 5. The maximum Gasteiger partial charge on any atom is 0.292 e. The molecule has 0 spiro atoms. The van der Waals surface area contributed by atoms with E-state index >= 15 is 0 Å². The minimum Gasteiger partial charge on any atom is -0.359 e. The zero-order chi connectivity index (χ0) is 22.9. The number of carbonyl (C=O) groups excluding carboxylic acids is 1. The van der Waals surface area contributed by atoms with Crippen LogP contribution >= 0.6 is 27.5 Å². The molecule has 2 aromatic heterocycles. The monoisotopic (exact) mass is 520 g/mol. The smallest absolute Gasteiger partial charge is 0.292 e. The number of fused-ring (bicyclic) bond motifs is 2. The van der Waals surface area contributed by atoms with Crippen molar-refractivity contribution < 1.29 is 4.79 Å². The lowest BCUT2D eigenvalue weighted by Crippen LogP contribution is -2.30. The molecule has 0 bridgehead atoms. The summed E-state index contributed by atoms with van der Waals surface area (Å²) in [5, 5.41) is 4.77. The minimum absolute atomic E-state index is 0.131. The highest BCUT2D eigenvalue weighted by molar-refractivity contribution is 9.10. The van der Waals surface area contributed by atoms with Crippen LogP contribution in [0.3, 0.4) is 0 Å². The number of benzene rings is 2. The number of aromatic nitrogens is 4. The second kappa shape index (κ2) is 8.85. The zero-order valence-electron chi connectivity index (χ0n) is 17.3. The largest absolute Gasteiger partial charge is 0.359 e. The molecule has 0 saturated heterocycles. The Bertz CT molecular complexity index is 1450. The first-order valence-electron chi connectivity index (χ1n) is 10.3. The van der Waals surface area contributed by atoms with Crippen LogP contribution in [0.15, 0.2) is 53.0 Å². The van der Waals surface area contributed by atoms with E-state index in [0.29, 0.717) is 41.7 Å². The molecule has 2 N–H and O–H groups in total. The number of amides is 1. The number of halogens is 2. The lowest BCUT2D eigenvalue weighted by Gasteiger charge is -2.19. The molecule has 33 heavy (non-hydrogen) atoms. The first-order valence-corrected chi connectivity index (χ1v) is 11.5. The van der Waals surface area contributed by atoms with Gasteiger partial charge < -0.3 is 15.2 Å². The van der Waals surface area contributed by atoms with Gasteiger partial charge in [-0.05, 0) is 36.4 Å². The quantitative estimate of drug-likeness (QED) is 0.281. The Balaban J connectivity index is 1.57. The summed E-state index contributed by atoms with van der Waals surface area (Å²) in [6, 6.07) is 10.7. The predicted molar refractivity (Wildman–Crippen MR) is 133 cm³/mol. The molecule has 0 saturated carbocycles. The number of hydrogen-bond donors (Lipinski definition) is 2. The molecular weight excluding hydrogens is 504 g/mol. The molecule has 3 heterocycles. The van der Waals surface area contributed by atoms with Crippen molar-refractivity contribution in [3.05, 3.63) is 69.7 Å². The van der Waals surface area contributed by atoms with Gasteiger partial charge in [-0.25, -0.2) is 15.0 Å². The van der Waals surface area contributed by atoms with Gasteiger partial charge in [-0.1, -0.05) is 39.7 Å². The van der Waals surface area contributed by atoms with Gasteiger partial charge in [0, 0.05) is 34.4 Å². The molecule has 0 unspecified atom stereocenters. The maximum atomic E-state index is 13.0. The first kappa shape index (κ1) is 21.4. The van der Waals surface area contributed by atoms with Gasteiger partial charge in [0.2, 0.25) is 5.82 Å². The van der Waals surface area contributed by atoms with Crippen molar-refractivity contribution >= 4 is 61.2 Å². The molecule has 0 radical (unpaired) electrons. The number of aromatic amines is 1. The number of nitrogens with one attached hydrogen (secondary N) is 2. The molecule has 9 heteroatoms. The van der Waals surface area contributed by atoms with E-state index in [9.17, 15) is 4.79 Å². The van der Waals surface area contributed by atoms with Gasteiger partial charge in [0.15, 0.2) is 0 Å². The highest BCUT2D eigenvalue weighted by Crippen LogP contribution is 2.29. The molecule has 2 aromatic carbocycles. The summed E-state index contributed by atoms with van der Waals surface area (Å²) in [6.07, 6.45) is 9.93. The molecular formula is C24H18BrClN6O. The van der Waals surface area contributed by atoms with Crippen LogP contribution in [0.25, 0.3) is 21.9 Å². The average molecular weight is 522 g/mol. The van der Waals surface area contributed by atoms with E-state index in [1.54, 1.807) is 17.0 Å². The summed E-state index contributed by atoms with van der Waals surface area (Å²) in [4.78, 5) is 31.8. The van der Waals surface area contributed by atoms with Crippen molar-refractivity contribution in [3.63, 3.8) is 0 Å². The van der Waals surface area contributed by atoms with Crippen molar-refractivity contribution in [2.24, 2.45) is 0 Å². The van der Waals surface area contributed by atoms with E-state index in [-0.39, 0.29) is 17.8 Å². The topological polar surface area (TPSA) is 86.8 Å². The van der Waals surface area contributed by atoms with Crippen LogP contribution in [0, 0.1) is 12.3 Å². The van der Waals surface area contributed by atoms with E-state index in [1.807, 2.05) is 36.4 Å². The van der Waals surface area contributed by atoms with Crippen LogP contribution in [0.4, 0.5) is 5.82 Å². The fraction of sp³-hybridized carbons (Fsp3) is 0.167. The predicted octanol–water partition coefficient (Wildman–Crippen LogP) is 5.11. The third-order valence-electron chi connectivity index (χ3n) is 5.38. The molecule has 1 amide bonds. The number of imidazole rings is 1. The second-order valence-electron chi connectivity index (χ2n) is 7.63. The van der Waals surface area contributed by atoms with Crippen LogP contribution in [0.5, 0.6) is 0 Å². The third-order valence-corrected chi connectivity index (χ3v) is 6.11. The number of rotatable bonds is 5. The fourth-order valence-electron chi connectivity index (χ4n) is 3.75. The van der Waals surface area contributed by atoms with Crippen molar-refractivity contribution in [1.29, 1.82) is 0 Å². The standard InChI is InChI=1S/C24H18BrClN6O/c1-2-5-19(22-28-18-9-7-15(26)13-20(18)30-22)29-21-16-12-14(25)6-8-17(16)27-23(31-21)24(33)32-10-3-4-11-32/h1,3-4,6-9,12-13,19H,5,10-11H2,(H,28,30)(H,27,29,31)/t19-/m0/s1. The number of carbonyl (C=O) groups is 1. The van der Waals surface area contributed by atoms with Gasteiger partial charge in [-0.3, -0.25) is 4.79 Å². The van der Waals surface area contributed by atoms with Gasteiger partial charge in [0.1, 0.15) is 11.6 Å². The van der Waals surface area contributed by atoms with E-state index < -0.39 is 0 Å². The highest BCUT2D eigenvalue weighted by Gasteiger charge is 2.23. The first-order chi connectivity index (χ1) is 16.0. The van der Waals surface area contributed by atoms with Crippen molar-refractivity contribution in [2.75, 3.05) is 18.4 Å². The van der Waals surface area contributed by atoms with E-state index in [2.05, 4.69) is 47.1 Å². The molecule has 164 valence electrons. The molecule has 5 rings (SSSR count). The number of nitrogens with zero attached hydrogens (tertiary/aromatic N) is 4. The van der Waals surface area contributed by atoms with Crippen LogP contribution in [-0.4, -0.2) is 43.8 Å². The molecule has 1 aliphatic rings. The normalized spacial score (nSPS) is 14.0. The van der Waals surface area contributed by atoms with Crippen LogP contribution in [-0.2, 0) is 0 Å². The maximum absolute atomic E-state index is 13.0. The Kier molecular flexibility index (Phi) is 5.75. The van der Waals surface area contributed by atoms with Gasteiger partial charge in [-0.15, -0.1) is 12.3 Å². The van der Waals surface area contributed by atoms with Crippen molar-refractivity contribution in [3.8, 4) is 12.3 Å². The lowest BCUT2D eigenvalue weighted by atomic mass is 10.1. The Morgan fingerprint density at radius 2 is 2.00 bits per heavy atom. The summed E-state index contributed by atoms with van der Waals surface area (Å²) in [5.41, 5.74) is 2.25. The van der Waals surface area contributed by atoms with Crippen LogP contribution < -0.4 is 5.32 Å². The molecule has 1 aliphatic heterocycles. The van der Waals surface area contributed by atoms with Gasteiger partial charge in [0.05, 0.1) is 22.6 Å². The van der Waals surface area contributed by atoms with Gasteiger partial charge >= 0.3 is 0 Å². The summed E-state index contributed by atoms with van der Waals surface area (Å²) in [5.74, 6) is 3.77. The van der Waals surface area contributed by atoms with Crippen LogP contribution in [0.1, 0.15) is 28.9 Å². The van der Waals surface area contributed by atoms with Crippen LogP contribution in [0.2, 0.25) is 5.02 Å². The fourth-order valence-corrected chi connectivity index (χ4v) is 4.28. The summed E-state index contributed by atoms with van der Waals surface area (Å²) < 4.78 is 0.872. The van der Waals surface area contributed by atoms with Gasteiger partial charge in [0.25, 0.3) is 5.91 Å². The van der Waals surface area contributed by atoms with Gasteiger partial charge in [-0.2, -0.15) is 0 Å². The number of anilines is 1. The zero-order valence-corrected chi connectivity index (χ0v) is 19.7. The van der Waals surface area contributed by atoms with Crippen molar-refractivity contribution in [1.82, 2.24) is 24.8 Å². The Morgan fingerprint density at radius 3 is 2.79 bits per heavy atom. The highest BCUT2D eigenvalue weighted by atomic mass is 79.9. The molecule has 1 atom stereocenters. The van der Waals surface area contributed by atoms with E-state index in [1.165, 1.54) is 0 Å². The second-order valence-corrected chi connectivity index (χ2v) is 8.98. The summed E-state index contributed by atoms with van der Waals surface area (Å²) in [6.45, 7) is 1.09. The van der Waals surface area contributed by atoms with E-state index in [4.69, 9.17) is 18.0 Å².